The Morgan fingerprint density at radius 2 is 1.81 bits per heavy atom. The van der Waals surface area contributed by atoms with Crippen LogP contribution in [-0.2, 0) is 14.3 Å². The summed E-state index contributed by atoms with van der Waals surface area (Å²) in [6, 6.07) is 14.3. The predicted octanol–water partition coefficient (Wildman–Crippen LogP) is 3.45. The molecule has 0 bridgehead atoms. The molecule has 0 aliphatic rings. The molecule has 2 N–H and O–H groups in total. The number of hydrogen-bond acceptors (Lipinski definition) is 6. The lowest BCUT2D eigenvalue weighted by molar-refractivity contribution is -0.118. The van der Waals surface area contributed by atoms with Crippen LogP contribution in [0.1, 0.15) is 27.6 Å². The number of thioether (sulfide) groups is 1. The topological polar surface area (TPSA) is 97.5 Å². The molecule has 0 aliphatic carbocycles. The molecule has 1 atom stereocenters. The number of carbonyl (C=O) groups is 3. The number of rotatable bonds is 10. The molecule has 31 heavy (non-hydrogen) atoms. The fraction of sp³-hybridized carbons (Fsp3) is 0.261. The summed E-state index contributed by atoms with van der Waals surface area (Å²) in [5.41, 5.74) is 1.64. The van der Waals surface area contributed by atoms with E-state index in [4.69, 9.17) is 9.47 Å². The highest BCUT2D eigenvalue weighted by Crippen LogP contribution is 2.25. The Bertz CT molecular complexity index is 1080. The monoisotopic (exact) mass is 440 g/mol. The fourth-order valence-electron chi connectivity index (χ4n) is 3.02. The molecule has 0 saturated heterocycles. The number of ether oxygens (including phenoxy) is 2. The van der Waals surface area contributed by atoms with Gasteiger partial charge in [-0.2, -0.15) is 0 Å². The average Bonchev–Trinajstić information content (AvgIpc) is 3.21. The Morgan fingerprint density at radius 1 is 1.06 bits per heavy atom. The molecule has 1 unspecified atom stereocenters. The minimum atomic E-state index is -0.956. The van der Waals surface area contributed by atoms with Crippen molar-refractivity contribution in [2.45, 2.75) is 17.9 Å². The van der Waals surface area contributed by atoms with Gasteiger partial charge in [-0.25, -0.2) is 4.79 Å². The second-order valence-corrected chi connectivity index (χ2v) is 7.80. The van der Waals surface area contributed by atoms with E-state index >= 15 is 0 Å². The molecule has 0 saturated carbocycles. The molecule has 0 radical (unpaired) electrons. The second-order valence-electron chi connectivity index (χ2n) is 6.79. The number of esters is 1. The quantitative estimate of drug-likeness (QED) is 0.217. The third kappa shape index (κ3) is 5.74. The van der Waals surface area contributed by atoms with Crippen LogP contribution in [0.25, 0.3) is 10.9 Å². The van der Waals surface area contributed by atoms with E-state index in [9.17, 15) is 14.4 Å². The molecule has 0 spiro atoms. The number of ketones is 1. The highest BCUT2D eigenvalue weighted by molar-refractivity contribution is 8.00. The van der Waals surface area contributed by atoms with Gasteiger partial charge >= 0.3 is 5.97 Å². The van der Waals surface area contributed by atoms with Crippen LogP contribution < -0.4 is 5.32 Å². The van der Waals surface area contributed by atoms with E-state index < -0.39 is 12.1 Å². The number of fused-ring (bicyclic) bond motifs is 1. The van der Waals surface area contributed by atoms with Crippen LogP contribution in [0.2, 0.25) is 0 Å². The number of Topliss-reactive ketones (excluding diaryl/α,β-unsaturated/α-hetero) is 1. The maximum absolute atomic E-state index is 12.8. The first-order valence-corrected chi connectivity index (χ1v) is 10.8. The van der Waals surface area contributed by atoms with Crippen molar-refractivity contribution in [2.75, 3.05) is 26.0 Å². The molecular formula is C23H24N2O5S. The highest BCUT2D eigenvalue weighted by Gasteiger charge is 2.24. The van der Waals surface area contributed by atoms with Crippen molar-refractivity contribution < 1.29 is 23.9 Å². The Hall–Kier alpha value is -3.10. The predicted molar refractivity (Wildman–Crippen MR) is 120 cm³/mol. The number of hydrogen-bond donors (Lipinski definition) is 2. The fourth-order valence-corrected chi connectivity index (χ4v) is 3.89. The molecular weight excluding hydrogens is 416 g/mol. The Labute approximate surface area is 184 Å². The first kappa shape index (κ1) is 22.6. The van der Waals surface area contributed by atoms with Crippen LogP contribution in [0.4, 0.5) is 0 Å². The van der Waals surface area contributed by atoms with Crippen molar-refractivity contribution in [3.8, 4) is 0 Å². The van der Waals surface area contributed by atoms with E-state index in [2.05, 4.69) is 10.3 Å². The molecule has 1 amide bonds. The molecule has 162 valence electrons. The number of benzene rings is 2. The Kier molecular flexibility index (Phi) is 7.86. The highest BCUT2D eigenvalue weighted by atomic mass is 32.2. The molecule has 1 heterocycles. The van der Waals surface area contributed by atoms with Crippen LogP contribution in [0, 0.1) is 0 Å². The van der Waals surface area contributed by atoms with E-state index in [1.807, 2.05) is 24.3 Å². The summed E-state index contributed by atoms with van der Waals surface area (Å²) >= 11 is 1.23. The van der Waals surface area contributed by atoms with E-state index in [-0.39, 0.29) is 17.4 Å². The third-order valence-electron chi connectivity index (χ3n) is 4.60. The maximum atomic E-state index is 12.8. The zero-order valence-corrected chi connectivity index (χ0v) is 18.2. The van der Waals surface area contributed by atoms with Gasteiger partial charge in [0.15, 0.2) is 6.10 Å². The van der Waals surface area contributed by atoms with Crippen molar-refractivity contribution >= 4 is 40.3 Å². The summed E-state index contributed by atoms with van der Waals surface area (Å²) in [5.74, 6) is -0.900. The number of carbonyl (C=O) groups excluding carboxylic acids is 3. The standard InChI is InChI=1S/C23H24N2O5S/c1-15(22(27)18-13-25-19-9-5-3-7-16(18)19)30-23(28)17-8-4-6-10-20(17)31-14-21(26)24-11-12-29-2/h3-10,13,15,25H,11-12,14H2,1-2H3,(H,24,26). The molecule has 2 aromatic carbocycles. The zero-order chi connectivity index (χ0) is 22.2. The SMILES string of the molecule is COCCNC(=O)CSc1ccccc1C(=O)OC(C)C(=O)c1c[nH]c2ccccc12. The van der Waals surface area contributed by atoms with Gasteiger partial charge < -0.3 is 19.8 Å². The summed E-state index contributed by atoms with van der Waals surface area (Å²) in [5, 5.41) is 3.51. The number of aromatic nitrogens is 1. The molecule has 3 aromatic rings. The zero-order valence-electron chi connectivity index (χ0n) is 17.3. The Balaban J connectivity index is 1.65. The van der Waals surface area contributed by atoms with Gasteiger partial charge in [-0.3, -0.25) is 9.59 Å². The first-order chi connectivity index (χ1) is 15.0. The van der Waals surface area contributed by atoms with Gasteiger partial charge in [0, 0.05) is 41.2 Å². The number of para-hydroxylation sites is 1. The lowest BCUT2D eigenvalue weighted by Crippen LogP contribution is -2.28. The van der Waals surface area contributed by atoms with Gasteiger partial charge in [-0.1, -0.05) is 30.3 Å². The van der Waals surface area contributed by atoms with E-state index in [1.165, 1.54) is 11.8 Å². The van der Waals surface area contributed by atoms with E-state index in [1.54, 1.807) is 44.5 Å². The number of methoxy groups -OCH3 is 1. The van der Waals surface area contributed by atoms with Crippen LogP contribution in [0.5, 0.6) is 0 Å². The van der Waals surface area contributed by atoms with E-state index in [0.29, 0.717) is 29.2 Å². The van der Waals surface area contributed by atoms with E-state index in [0.717, 1.165) is 10.9 Å². The smallest absolute Gasteiger partial charge is 0.339 e. The summed E-state index contributed by atoms with van der Waals surface area (Å²) in [6.07, 6.45) is 0.672. The lowest BCUT2D eigenvalue weighted by atomic mass is 10.1. The molecule has 0 fully saturated rings. The van der Waals surface area contributed by atoms with Crippen LogP contribution >= 0.6 is 11.8 Å². The lowest BCUT2D eigenvalue weighted by Gasteiger charge is -2.14. The Morgan fingerprint density at radius 3 is 2.61 bits per heavy atom. The van der Waals surface area contributed by atoms with Crippen LogP contribution in [-0.4, -0.2) is 54.8 Å². The summed E-state index contributed by atoms with van der Waals surface area (Å²) in [6.45, 7) is 2.41. The van der Waals surface area contributed by atoms with Gasteiger partial charge in [0.1, 0.15) is 0 Å². The van der Waals surface area contributed by atoms with Crippen molar-refractivity contribution in [2.24, 2.45) is 0 Å². The number of aromatic amines is 1. The summed E-state index contributed by atoms with van der Waals surface area (Å²) in [4.78, 5) is 41.2. The second kappa shape index (κ2) is 10.8. The molecule has 1 aromatic heterocycles. The minimum Gasteiger partial charge on any atom is -0.451 e. The molecule has 0 aliphatic heterocycles. The largest absolute Gasteiger partial charge is 0.451 e. The van der Waals surface area contributed by atoms with Crippen LogP contribution in [0.3, 0.4) is 0 Å². The number of nitrogens with one attached hydrogen (secondary N) is 2. The van der Waals surface area contributed by atoms with Crippen LogP contribution in [0.15, 0.2) is 59.6 Å². The maximum Gasteiger partial charge on any atom is 0.339 e. The molecule has 3 rings (SSSR count). The number of H-pyrrole nitrogens is 1. The minimum absolute atomic E-state index is 0.151. The molecule has 7 nitrogen and oxygen atoms in total. The van der Waals surface area contributed by atoms with Gasteiger partial charge in [0.25, 0.3) is 0 Å². The van der Waals surface area contributed by atoms with Gasteiger partial charge in [0.05, 0.1) is 17.9 Å². The van der Waals surface area contributed by atoms with Gasteiger partial charge in [0.2, 0.25) is 11.7 Å². The normalized spacial score (nSPS) is 11.8. The van der Waals surface area contributed by atoms with Crippen molar-refractivity contribution in [3.05, 3.63) is 65.9 Å². The third-order valence-corrected chi connectivity index (χ3v) is 5.68. The average molecular weight is 441 g/mol. The van der Waals surface area contributed by atoms with Gasteiger partial charge in [-0.15, -0.1) is 11.8 Å². The summed E-state index contributed by atoms with van der Waals surface area (Å²) < 4.78 is 10.4. The van der Waals surface area contributed by atoms with Crippen molar-refractivity contribution in [1.82, 2.24) is 10.3 Å². The van der Waals surface area contributed by atoms with Crippen molar-refractivity contribution in [1.29, 1.82) is 0 Å². The summed E-state index contributed by atoms with van der Waals surface area (Å²) in [7, 11) is 1.56. The van der Waals surface area contributed by atoms with Crippen molar-refractivity contribution in [3.63, 3.8) is 0 Å². The number of amides is 1. The first-order valence-electron chi connectivity index (χ1n) is 9.80. The molecule has 8 heteroatoms. The van der Waals surface area contributed by atoms with Gasteiger partial charge in [-0.05, 0) is 25.1 Å².